The Labute approximate surface area is 199 Å². The SMILES string of the molecule is COc1ccc2c(C)c(CCC(=O)Nc3ccnn3Cc3ccc(Cl)cc3Cl)c(=O)oc2c1. The second-order valence-corrected chi connectivity index (χ2v) is 8.36. The summed E-state index contributed by atoms with van der Waals surface area (Å²) in [5.41, 5.74) is 2.09. The van der Waals surface area contributed by atoms with Gasteiger partial charge in [0.25, 0.3) is 0 Å². The van der Waals surface area contributed by atoms with Crippen molar-refractivity contribution in [3.05, 3.63) is 85.8 Å². The van der Waals surface area contributed by atoms with E-state index in [0.29, 0.717) is 39.3 Å². The van der Waals surface area contributed by atoms with Gasteiger partial charge < -0.3 is 14.5 Å². The maximum absolute atomic E-state index is 12.6. The van der Waals surface area contributed by atoms with Crippen LogP contribution in [0.2, 0.25) is 10.0 Å². The van der Waals surface area contributed by atoms with Crippen molar-refractivity contribution in [3.63, 3.8) is 0 Å². The zero-order chi connectivity index (χ0) is 23.5. The summed E-state index contributed by atoms with van der Waals surface area (Å²) in [6.45, 7) is 2.22. The summed E-state index contributed by atoms with van der Waals surface area (Å²) in [5, 5.41) is 8.98. The van der Waals surface area contributed by atoms with Crippen LogP contribution in [0.3, 0.4) is 0 Å². The third-order valence-corrected chi connectivity index (χ3v) is 6.00. The molecule has 0 radical (unpaired) electrons. The van der Waals surface area contributed by atoms with Gasteiger partial charge in [0, 0.05) is 39.5 Å². The Morgan fingerprint density at radius 3 is 2.76 bits per heavy atom. The second-order valence-electron chi connectivity index (χ2n) is 7.51. The zero-order valence-corrected chi connectivity index (χ0v) is 19.5. The van der Waals surface area contributed by atoms with E-state index in [2.05, 4.69) is 10.4 Å². The fourth-order valence-corrected chi connectivity index (χ4v) is 4.08. The summed E-state index contributed by atoms with van der Waals surface area (Å²) < 4.78 is 12.3. The van der Waals surface area contributed by atoms with Crippen LogP contribution in [0.5, 0.6) is 5.75 Å². The second kappa shape index (κ2) is 9.68. The molecule has 2 aromatic heterocycles. The molecule has 7 nitrogen and oxygen atoms in total. The van der Waals surface area contributed by atoms with Crippen LogP contribution in [0.1, 0.15) is 23.1 Å². The number of carbonyl (C=O) groups is 1. The van der Waals surface area contributed by atoms with Gasteiger partial charge >= 0.3 is 5.63 Å². The largest absolute Gasteiger partial charge is 0.497 e. The summed E-state index contributed by atoms with van der Waals surface area (Å²) in [6, 6.07) is 12.2. The van der Waals surface area contributed by atoms with Gasteiger partial charge in [0.2, 0.25) is 5.91 Å². The van der Waals surface area contributed by atoms with E-state index in [4.69, 9.17) is 32.4 Å². The maximum Gasteiger partial charge on any atom is 0.339 e. The third kappa shape index (κ3) is 5.05. The summed E-state index contributed by atoms with van der Waals surface area (Å²) in [4.78, 5) is 25.1. The number of hydrogen-bond acceptors (Lipinski definition) is 5. The van der Waals surface area contributed by atoms with Crippen LogP contribution in [0.15, 0.2) is 57.9 Å². The van der Waals surface area contributed by atoms with Crippen LogP contribution in [-0.4, -0.2) is 22.8 Å². The summed E-state index contributed by atoms with van der Waals surface area (Å²) in [7, 11) is 1.55. The van der Waals surface area contributed by atoms with Crippen molar-refractivity contribution in [2.75, 3.05) is 12.4 Å². The molecule has 1 N–H and O–H groups in total. The first kappa shape index (κ1) is 22.9. The van der Waals surface area contributed by atoms with Gasteiger partial charge in [-0.3, -0.25) is 4.79 Å². The molecule has 2 heterocycles. The number of aryl methyl sites for hydroxylation is 1. The van der Waals surface area contributed by atoms with Crippen LogP contribution in [0.4, 0.5) is 5.82 Å². The average Bonchev–Trinajstić information content (AvgIpc) is 3.21. The molecule has 0 aliphatic heterocycles. The molecule has 9 heteroatoms. The molecule has 0 unspecified atom stereocenters. The summed E-state index contributed by atoms with van der Waals surface area (Å²) >= 11 is 12.2. The first-order chi connectivity index (χ1) is 15.9. The van der Waals surface area contributed by atoms with Crippen molar-refractivity contribution in [1.82, 2.24) is 9.78 Å². The molecule has 0 atom stereocenters. The van der Waals surface area contributed by atoms with Crippen LogP contribution in [0, 0.1) is 6.92 Å². The lowest BCUT2D eigenvalue weighted by Crippen LogP contribution is -2.19. The lowest BCUT2D eigenvalue weighted by Gasteiger charge is -2.11. The number of nitrogens with one attached hydrogen (secondary N) is 1. The molecule has 0 bridgehead atoms. The Bertz CT molecular complexity index is 1390. The Kier molecular flexibility index (Phi) is 6.72. The van der Waals surface area contributed by atoms with Crippen LogP contribution in [0.25, 0.3) is 11.0 Å². The van der Waals surface area contributed by atoms with E-state index in [1.54, 1.807) is 48.3 Å². The number of methoxy groups -OCH3 is 1. The first-order valence-corrected chi connectivity index (χ1v) is 11.0. The van der Waals surface area contributed by atoms with Gasteiger partial charge in [-0.1, -0.05) is 29.3 Å². The molecular weight excluding hydrogens is 465 g/mol. The molecule has 0 aliphatic carbocycles. The number of benzene rings is 2. The normalized spacial score (nSPS) is 11.0. The molecule has 4 aromatic rings. The Balaban J connectivity index is 1.46. The lowest BCUT2D eigenvalue weighted by molar-refractivity contribution is -0.116. The van der Waals surface area contributed by atoms with Crippen LogP contribution < -0.4 is 15.7 Å². The number of anilines is 1. The molecule has 33 heavy (non-hydrogen) atoms. The number of carbonyl (C=O) groups excluding carboxylic acids is 1. The first-order valence-electron chi connectivity index (χ1n) is 10.2. The zero-order valence-electron chi connectivity index (χ0n) is 18.0. The molecule has 2 aromatic carbocycles. The van der Waals surface area contributed by atoms with Crippen molar-refractivity contribution in [2.24, 2.45) is 0 Å². The number of halogens is 2. The van der Waals surface area contributed by atoms with E-state index in [0.717, 1.165) is 16.5 Å². The van der Waals surface area contributed by atoms with E-state index < -0.39 is 5.63 Å². The number of amides is 1. The van der Waals surface area contributed by atoms with Crippen molar-refractivity contribution >= 4 is 45.9 Å². The highest BCUT2D eigenvalue weighted by Crippen LogP contribution is 2.25. The molecule has 1 amide bonds. The minimum Gasteiger partial charge on any atom is -0.497 e. The molecule has 0 saturated heterocycles. The van der Waals surface area contributed by atoms with Gasteiger partial charge in [-0.15, -0.1) is 0 Å². The summed E-state index contributed by atoms with van der Waals surface area (Å²) in [6.07, 6.45) is 1.95. The van der Waals surface area contributed by atoms with Crippen molar-refractivity contribution < 1.29 is 13.9 Å². The number of nitrogens with zero attached hydrogens (tertiary/aromatic N) is 2. The summed E-state index contributed by atoms with van der Waals surface area (Å²) in [5.74, 6) is 0.890. The van der Waals surface area contributed by atoms with Crippen molar-refractivity contribution in [3.8, 4) is 5.75 Å². The van der Waals surface area contributed by atoms with Gasteiger partial charge in [0.15, 0.2) is 0 Å². The highest BCUT2D eigenvalue weighted by molar-refractivity contribution is 6.35. The standard InChI is InChI=1S/C24H21Cl2N3O4/c1-14-18-6-5-17(32-2)12-21(18)33-24(31)19(14)7-8-23(30)28-22-9-10-27-29(22)13-15-3-4-16(25)11-20(15)26/h3-6,9-12H,7-8,13H2,1-2H3,(H,28,30). The van der Waals surface area contributed by atoms with Gasteiger partial charge in [-0.05, 0) is 48.7 Å². The van der Waals surface area contributed by atoms with Crippen LogP contribution >= 0.6 is 23.2 Å². The molecular formula is C24H21Cl2N3O4. The minimum absolute atomic E-state index is 0.111. The molecule has 0 saturated carbocycles. The Morgan fingerprint density at radius 1 is 1.18 bits per heavy atom. The highest BCUT2D eigenvalue weighted by Gasteiger charge is 2.15. The Morgan fingerprint density at radius 2 is 2.00 bits per heavy atom. The fourth-order valence-electron chi connectivity index (χ4n) is 3.61. The fraction of sp³-hybridized carbons (Fsp3) is 0.208. The van der Waals surface area contributed by atoms with E-state index in [-0.39, 0.29) is 18.7 Å². The van der Waals surface area contributed by atoms with Crippen molar-refractivity contribution in [1.29, 1.82) is 0 Å². The number of ether oxygens (including phenoxy) is 1. The lowest BCUT2D eigenvalue weighted by atomic mass is 10.0. The van der Waals surface area contributed by atoms with E-state index in [9.17, 15) is 9.59 Å². The molecule has 170 valence electrons. The smallest absolute Gasteiger partial charge is 0.339 e. The van der Waals surface area contributed by atoms with E-state index in [1.807, 2.05) is 19.1 Å². The van der Waals surface area contributed by atoms with Gasteiger partial charge in [0.05, 0.1) is 19.9 Å². The number of fused-ring (bicyclic) bond motifs is 1. The number of rotatable bonds is 7. The molecule has 0 spiro atoms. The van der Waals surface area contributed by atoms with Crippen molar-refractivity contribution in [2.45, 2.75) is 26.3 Å². The van der Waals surface area contributed by atoms with Crippen LogP contribution in [-0.2, 0) is 17.8 Å². The predicted octanol–water partition coefficient (Wildman–Crippen LogP) is 5.23. The quantitative estimate of drug-likeness (QED) is 0.362. The van der Waals surface area contributed by atoms with E-state index >= 15 is 0 Å². The maximum atomic E-state index is 12.6. The van der Waals surface area contributed by atoms with Gasteiger partial charge in [0.1, 0.15) is 17.2 Å². The number of hydrogen-bond donors (Lipinski definition) is 1. The Hall–Kier alpha value is -3.29. The predicted molar refractivity (Wildman–Crippen MR) is 129 cm³/mol. The minimum atomic E-state index is -0.455. The number of aromatic nitrogens is 2. The van der Waals surface area contributed by atoms with Gasteiger partial charge in [-0.2, -0.15) is 5.10 Å². The van der Waals surface area contributed by atoms with Gasteiger partial charge in [-0.25, -0.2) is 9.48 Å². The third-order valence-electron chi connectivity index (χ3n) is 5.42. The molecule has 0 aliphatic rings. The monoisotopic (exact) mass is 485 g/mol. The average molecular weight is 486 g/mol. The topological polar surface area (TPSA) is 86.4 Å². The van der Waals surface area contributed by atoms with E-state index in [1.165, 1.54) is 0 Å². The molecule has 4 rings (SSSR count). The highest BCUT2D eigenvalue weighted by atomic mass is 35.5. The molecule has 0 fully saturated rings.